The lowest BCUT2D eigenvalue weighted by Gasteiger charge is -2.29. The first kappa shape index (κ1) is 16.6. The molecule has 2 heterocycles. The van der Waals surface area contributed by atoms with Crippen LogP contribution in [0.5, 0.6) is 0 Å². The van der Waals surface area contributed by atoms with E-state index >= 15 is 0 Å². The van der Waals surface area contributed by atoms with E-state index in [-0.39, 0.29) is 11.7 Å². The summed E-state index contributed by atoms with van der Waals surface area (Å²) in [6, 6.07) is 10.8. The highest BCUT2D eigenvalue weighted by Crippen LogP contribution is 2.34. The third kappa shape index (κ3) is 3.04. The van der Waals surface area contributed by atoms with Crippen molar-refractivity contribution in [1.29, 1.82) is 0 Å². The number of carbonyl (C=O) groups excluding carboxylic acids is 1. The molecule has 2 aromatic rings. The van der Waals surface area contributed by atoms with E-state index in [0.29, 0.717) is 43.3 Å². The minimum Gasteiger partial charge on any atom is -0.378 e. The summed E-state index contributed by atoms with van der Waals surface area (Å²) in [5.41, 5.74) is 4.43. The van der Waals surface area contributed by atoms with Crippen LogP contribution in [0.1, 0.15) is 11.1 Å². The zero-order valence-corrected chi connectivity index (χ0v) is 14.5. The number of hydrogen-bond acceptors (Lipinski definition) is 4. The van der Waals surface area contributed by atoms with E-state index in [1.54, 1.807) is 12.3 Å². The average Bonchev–Trinajstić information content (AvgIpc) is 2.97. The number of carbonyl (C=O) groups is 1. The SMILES string of the molecule is Cc1cccc2c1C(=CNc1ccc(N3CCOCC3)c(F)c1)C(=O)N2. The second kappa shape index (κ2) is 6.80. The molecule has 2 N–H and O–H groups in total. The maximum Gasteiger partial charge on any atom is 0.257 e. The maximum absolute atomic E-state index is 14.5. The molecule has 0 saturated carbocycles. The van der Waals surface area contributed by atoms with Crippen LogP contribution in [-0.2, 0) is 9.53 Å². The third-order valence-electron chi connectivity index (χ3n) is 4.72. The van der Waals surface area contributed by atoms with Gasteiger partial charge in [0, 0.05) is 36.2 Å². The van der Waals surface area contributed by atoms with Crippen molar-refractivity contribution in [1.82, 2.24) is 0 Å². The molecule has 0 atom stereocenters. The standard InChI is InChI=1S/C20H20FN3O2/c1-13-3-2-4-17-19(13)15(20(25)23-17)12-22-14-5-6-18(16(21)11-14)24-7-9-26-10-8-24/h2-6,11-12,22H,7-10H2,1H3,(H,23,25). The summed E-state index contributed by atoms with van der Waals surface area (Å²) >= 11 is 0. The zero-order chi connectivity index (χ0) is 18.1. The van der Waals surface area contributed by atoms with Crippen LogP contribution >= 0.6 is 0 Å². The van der Waals surface area contributed by atoms with Crippen LogP contribution in [0.25, 0.3) is 5.57 Å². The van der Waals surface area contributed by atoms with Crippen LogP contribution in [0.3, 0.4) is 0 Å². The summed E-state index contributed by atoms with van der Waals surface area (Å²) in [7, 11) is 0. The molecule has 2 aliphatic rings. The highest BCUT2D eigenvalue weighted by Gasteiger charge is 2.25. The number of morpholine rings is 1. The first-order valence-electron chi connectivity index (χ1n) is 8.64. The first-order valence-corrected chi connectivity index (χ1v) is 8.64. The molecule has 26 heavy (non-hydrogen) atoms. The van der Waals surface area contributed by atoms with Crippen LogP contribution in [0.4, 0.5) is 21.5 Å². The smallest absolute Gasteiger partial charge is 0.257 e. The van der Waals surface area contributed by atoms with Gasteiger partial charge < -0.3 is 20.3 Å². The second-order valence-corrected chi connectivity index (χ2v) is 6.42. The van der Waals surface area contributed by atoms with Crippen molar-refractivity contribution in [3.05, 3.63) is 59.5 Å². The van der Waals surface area contributed by atoms with Gasteiger partial charge in [0.2, 0.25) is 0 Å². The molecule has 2 aromatic carbocycles. The third-order valence-corrected chi connectivity index (χ3v) is 4.72. The summed E-state index contributed by atoms with van der Waals surface area (Å²) < 4.78 is 19.8. The number of fused-ring (bicyclic) bond motifs is 1. The molecule has 0 aromatic heterocycles. The molecule has 6 heteroatoms. The highest BCUT2D eigenvalue weighted by atomic mass is 19.1. The number of nitrogens with zero attached hydrogens (tertiary/aromatic N) is 1. The van der Waals surface area contributed by atoms with Crippen molar-refractivity contribution in [2.24, 2.45) is 0 Å². The summed E-state index contributed by atoms with van der Waals surface area (Å²) in [6.45, 7) is 4.55. The van der Waals surface area contributed by atoms with Crippen LogP contribution < -0.4 is 15.5 Å². The molecule has 0 aliphatic carbocycles. The minimum atomic E-state index is -0.289. The van der Waals surface area contributed by atoms with E-state index in [1.165, 1.54) is 6.07 Å². The molecule has 1 amide bonds. The molecule has 134 valence electrons. The van der Waals surface area contributed by atoms with Crippen molar-refractivity contribution in [2.75, 3.05) is 41.8 Å². The Hall–Kier alpha value is -2.86. The lowest BCUT2D eigenvalue weighted by Crippen LogP contribution is -2.36. The van der Waals surface area contributed by atoms with E-state index in [1.807, 2.05) is 36.1 Å². The Balaban J connectivity index is 1.56. The number of nitrogens with one attached hydrogen (secondary N) is 2. The Morgan fingerprint density at radius 1 is 1.23 bits per heavy atom. The van der Waals surface area contributed by atoms with E-state index in [0.717, 1.165) is 16.8 Å². The first-order chi connectivity index (χ1) is 12.6. The Bertz CT molecular complexity index is 889. The predicted molar refractivity (Wildman–Crippen MR) is 101 cm³/mol. The van der Waals surface area contributed by atoms with Crippen molar-refractivity contribution in [3.63, 3.8) is 0 Å². The number of amides is 1. The van der Waals surface area contributed by atoms with Gasteiger partial charge in [-0.15, -0.1) is 0 Å². The molecule has 0 spiro atoms. The monoisotopic (exact) mass is 353 g/mol. The van der Waals surface area contributed by atoms with Gasteiger partial charge >= 0.3 is 0 Å². The second-order valence-electron chi connectivity index (χ2n) is 6.42. The van der Waals surface area contributed by atoms with Crippen molar-refractivity contribution in [3.8, 4) is 0 Å². The molecule has 4 rings (SSSR count). The van der Waals surface area contributed by atoms with E-state index in [4.69, 9.17) is 4.74 Å². The van der Waals surface area contributed by atoms with Crippen LogP contribution in [0.2, 0.25) is 0 Å². The average molecular weight is 353 g/mol. The van der Waals surface area contributed by atoms with E-state index in [9.17, 15) is 9.18 Å². The summed E-state index contributed by atoms with van der Waals surface area (Å²) in [4.78, 5) is 14.2. The highest BCUT2D eigenvalue weighted by molar-refractivity contribution is 6.32. The summed E-state index contributed by atoms with van der Waals surface area (Å²) in [5, 5.41) is 5.90. The fourth-order valence-corrected chi connectivity index (χ4v) is 3.38. The molecule has 2 aliphatic heterocycles. The minimum absolute atomic E-state index is 0.160. The molecular formula is C20H20FN3O2. The van der Waals surface area contributed by atoms with Crippen LogP contribution in [0.15, 0.2) is 42.6 Å². The van der Waals surface area contributed by atoms with Crippen molar-refractivity contribution in [2.45, 2.75) is 6.92 Å². The Morgan fingerprint density at radius 2 is 2.04 bits per heavy atom. The number of ether oxygens (including phenoxy) is 1. The molecule has 0 bridgehead atoms. The molecule has 5 nitrogen and oxygen atoms in total. The van der Waals surface area contributed by atoms with E-state index in [2.05, 4.69) is 10.6 Å². The topological polar surface area (TPSA) is 53.6 Å². The summed E-state index contributed by atoms with van der Waals surface area (Å²) in [5.74, 6) is -0.449. The zero-order valence-electron chi connectivity index (χ0n) is 14.5. The lowest BCUT2D eigenvalue weighted by atomic mass is 10.0. The Morgan fingerprint density at radius 3 is 2.81 bits per heavy atom. The fraction of sp³-hybridized carbons (Fsp3) is 0.250. The number of benzene rings is 2. The Kier molecular flexibility index (Phi) is 4.34. The maximum atomic E-state index is 14.5. The van der Waals surface area contributed by atoms with Gasteiger partial charge in [-0.3, -0.25) is 4.79 Å². The van der Waals surface area contributed by atoms with Gasteiger partial charge in [-0.2, -0.15) is 0 Å². The van der Waals surface area contributed by atoms with Gasteiger partial charge in [0.25, 0.3) is 5.91 Å². The quantitative estimate of drug-likeness (QED) is 0.831. The lowest BCUT2D eigenvalue weighted by molar-refractivity contribution is -0.110. The number of hydrogen-bond donors (Lipinski definition) is 2. The molecule has 1 saturated heterocycles. The number of anilines is 3. The van der Waals surface area contributed by atoms with Crippen LogP contribution in [-0.4, -0.2) is 32.2 Å². The molecular weight excluding hydrogens is 333 g/mol. The van der Waals surface area contributed by atoms with E-state index < -0.39 is 0 Å². The fourth-order valence-electron chi connectivity index (χ4n) is 3.38. The van der Waals surface area contributed by atoms with Gasteiger partial charge in [-0.1, -0.05) is 12.1 Å². The number of aryl methyl sites for hydroxylation is 1. The Labute approximate surface area is 151 Å². The van der Waals surface area contributed by atoms with Gasteiger partial charge in [-0.05, 0) is 36.8 Å². The molecule has 0 unspecified atom stereocenters. The number of halogens is 1. The normalized spacial score (nSPS) is 18.0. The van der Waals surface area contributed by atoms with Gasteiger partial charge in [0.1, 0.15) is 5.82 Å². The van der Waals surface area contributed by atoms with Gasteiger partial charge in [0.15, 0.2) is 0 Å². The van der Waals surface area contributed by atoms with Gasteiger partial charge in [-0.25, -0.2) is 4.39 Å². The number of rotatable bonds is 3. The molecule has 1 fully saturated rings. The molecule has 0 radical (unpaired) electrons. The predicted octanol–water partition coefficient (Wildman–Crippen LogP) is 3.38. The summed E-state index contributed by atoms with van der Waals surface area (Å²) in [6.07, 6.45) is 1.64. The van der Waals surface area contributed by atoms with Gasteiger partial charge in [0.05, 0.1) is 24.5 Å². The van der Waals surface area contributed by atoms with Crippen molar-refractivity contribution >= 4 is 28.5 Å². The van der Waals surface area contributed by atoms with Crippen molar-refractivity contribution < 1.29 is 13.9 Å². The largest absolute Gasteiger partial charge is 0.378 e. The van der Waals surface area contributed by atoms with Crippen LogP contribution in [0, 0.1) is 12.7 Å².